The Balaban J connectivity index is 1.82. The van der Waals surface area contributed by atoms with E-state index < -0.39 is 0 Å². The van der Waals surface area contributed by atoms with Crippen LogP contribution < -0.4 is 4.74 Å². The molecule has 0 fully saturated rings. The lowest BCUT2D eigenvalue weighted by Gasteiger charge is -2.28. The van der Waals surface area contributed by atoms with Gasteiger partial charge in [-0.3, -0.25) is 0 Å². The average molecular weight is 368 g/mol. The van der Waals surface area contributed by atoms with Gasteiger partial charge in [-0.2, -0.15) is 0 Å². The number of rotatable bonds is 3. The van der Waals surface area contributed by atoms with E-state index in [0.717, 1.165) is 42.0 Å². The highest BCUT2D eigenvalue weighted by Crippen LogP contribution is 2.37. The fourth-order valence-electron chi connectivity index (χ4n) is 4.39. The van der Waals surface area contributed by atoms with Crippen LogP contribution in [0.25, 0.3) is 32.9 Å². The Kier molecular flexibility index (Phi) is 4.25. The lowest BCUT2D eigenvalue weighted by Crippen LogP contribution is -2.27. The van der Waals surface area contributed by atoms with Gasteiger partial charge in [-0.25, -0.2) is 4.98 Å². The molecule has 5 rings (SSSR count). The molecule has 2 heterocycles. The molecule has 28 heavy (non-hydrogen) atoms. The first-order valence-corrected chi connectivity index (χ1v) is 9.99. The number of hydrogen-bond donors (Lipinski definition) is 0. The Morgan fingerprint density at radius 2 is 1.89 bits per heavy atom. The number of ether oxygens (including phenoxy) is 1. The molecule has 0 bridgehead atoms. The minimum Gasteiger partial charge on any atom is -0.494 e. The fourth-order valence-corrected chi connectivity index (χ4v) is 4.39. The van der Waals surface area contributed by atoms with Crippen LogP contribution >= 0.6 is 0 Å². The predicted molar refractivity (Wildman–Crippen MR) is 116 cm³/mol. The van der Waals surface area contributed by atoms with Crippen molar-refractivity contribution < 1.29 is 4.74 Å². The van der Waals surface area contributed by atoms with Crippen molar-refractivity contribution in [3.05, 3.63) is 71.8 Å². The summed E-state index contributed by atoms with van der Waals surface area (Å²) in [4.78, 5) is 7.55. The second-order valence-corrected chi connectivity index (χ2v) is 7.55. The van der Waals surface area contributed by atoms with Crippen LogP contribution in [-0.4, -0.2) is 30.1 Å². The molecule has 0 unspecified atom stereocenters. The van der Waals surface area contributed by atoms with Gasteiger partial charge in [-0.05, 0) is 60.5 Å². The lowest BCUT2D eigenvalue weighted by atomic mass is 9.89. The summed E-state index contributed by atoms with van der Waals surface area (Å²) in [6.45, 7) is 4.69. The standard InChI is InChI=1S/C25H24N2O/c1-3-28-19-9-6-8-18(15-19)25-22-16-27(2)14-13-21(22)24-20-10-5-4-7-17(20)11-12-23(24)26-25/h4-12,15H,3,13-14,16H2,1-2H3. The van der Waals surface area contributed by atoms with Gasteiger partial charge < -0.3 is 9.64 Å². The molecule has 1 aliphatic heterocycles. The molecule has 3 heteroatoms. The summed E-state index contributed by atoms with van der Waals surface area (Å²) in [7, 11) is 2.19. The molecule has 0 atom stereocenters. The zero-order valence-electron chi connectivity index (χ0n) is 16.4. The van der Waals surface area contributed by atoms with Crippen molar-refractivity contribution in [1.82, 2.24) is 9.88 Å². The molecule has 3 nitrogen and oxygen atoms in total. The largest absolute Gasteiger partial charge is 0.494 e. The van der Waals surface area contributed by atoms with Gasteiger partial charge in [0, 0.05) is 24.0 Å². The number of aromatic nitrogens is 1. The molecule has 0 radical (unpaired) electrons. The van der Waals surface area contributed by atoms with Gasteiger partial charge in [0.15, 0.2) is 0 Å². The summed E-state index contributed by atoms with van der Waals surface area (Å²) >= 11 is 0. The number of pyridine rings is 1. The fraction of sp³-hybridized carbons (Fsp3) is 0.240. The van der Waals surface area contributed by atoms with E-state index in [1.807, 2.05) is 13.0 Å². The molecule has 0 spiro atoms. The van der Waals surface area contributed by atoms with Crippen molar-refractivity contribution in [3.63, 3.8) is 0 Å². The molecule has 3 aromatic carbocycles. The maximum atomic E-state index is 5.74. The molecular weight excluding hydrogens is 344 g/mol. The number of likely N-dealkylation sites (N-methyl/N-ethyl adjacent to an activating group) is 1. The van der Waals surface area contributed by atoms with Gasteiger partial charge >= 0.3 is 0 Å². The van der Waals surface area contributed by atoms with Crippen LogP contribution in [0.5, 0.6) is 5.75 Å². The second kappa shape index (κ2) is 6.92. The number of hydrogen-bond acceptors (Lipinski definition) is 3. The third-order valence-electron chi connectivity index (χ3n) is 5.68. The van der Waals surface area contributed by atoms with Crippen LogP contribution in [0.3, 0.4) is 0 Å². The lowest BCUT2D eigenvalue weighted by molar-refractivity contribution is 0.314. The highest BCUT2D eigenvalue weighted by atomic mass is 16.5. The van der Waals surface area contributed by atoms with E-state index in [4.69, 9.17) is 9.72 Å². The summed E-state index contributed by atoms with van der Waals surface area (Å²) in [5.74, 6) is 0.901. The molecule has 0 aliphatic carbocycles. The number of benzene rings is 3. The molecule has 0 saturated carbocycles. The summed E-state index contributed by atoms with van der Waals surface area (Å²) in [5.41, 5.74) is 6.11. The van der Waals surface area contributed by atoms with E-state index in [1.54, 1.807) is 0 Å². The summed E-state index contributed by atoms with van der Waals surface area (Å²) in [6.07, 6.45) is 1.05. The Morgan fingerprint density at radius 3 is 2.79 bits per heavy atom. The van der Waals surface area contributed by atoms with Gasteiger partial charge in [0.25, 0.3) is 0 Å². The van der Waals surface area contributed by atoms with Crippen molar-refractivity contribution in [1.29, 1.82) is 0 Å². The van der Waals surface area contributed by atoms with Crippen molar-refractivity contribution in [3.8, 4) is 17.0 Å². The Hall–Kier alpha value is -2.91. The van der Waals surface area contributed by atoms with Gasteiger partial charge in [0.1, 0.15) is 5.75 Å². The van der Waals surface area contributed by atoms with Gasteiger partial charge in [0.05, 0.1) is 17.8 Å². The monoisotopic (exact) mass is 368 g/mol. The molecule has 0 amide bonds. The third-order valence-corrected chi connectivity index (χ3v) is 5.68. The Morgan fingerprint density at radius 1 is 1.00 bits per heavy atom. The molecular formula is C25H24N2O. The third kappa shape index (κ3) is 2.83. The van der Waals surface area contributed by atoms with E-state index in [2.05, 4.69) is 66.5 Å². The summed E-state index contributed by atoms with van der Waals surface area (Å²) < 4.78 is 5.74. The van der Waals surface area contributed by atoms with E-state index in [9.17, 15) is 0 Å². The van der Waals surface area contributed by atoms with Crippen LogP contribution in [0.1, 0.15) is 18.1 Å². The van der Waals surface area contributed by atoms with Gasteiger partial charge in [-0.1, -0.05) is 42.5 Å². The van der Waals surface area contributed by atoms with E-state index >= 15 is 0 Å². The Bertz CT molecular complexity index is 1180. The van der Waals surface area contributed by atoms with Crippen molar-refractivity contribution in [2.45, 2.75) is 19.9 Å². The first-order chi connectivity index (χ1) is 13.7. The Labute approximate surface area is 165 Å². The maximum absolute atomic E-state index is 5.74. The van der Waals surface area contributed by atoms with Crippen LogP contribution in [0.15, 0.2) is 60.7 Å². The highest BCUT2D eigenvalue weighted by molar-refractivity contribution is 6.09. The minimum absolute atomic E-state index is 0.668. The second-order valence-electron chi connectivity index (χ2n) is 7.55. The zero-order chi connectivity index (χ0) is 19.1. The average Bonchev–Trinajstić information content (AvgIpc) is 2.73. The van der Waals surface area contributed by atoms with Gasteiger partial charge in [0.2, 0.25) is 0 Å². The van der Waals surface area contributed by atoms with Crippen molar-refractivity contribution in [2.24, 2.45) is 0 Å². The van der Waals surface area contributed by atoms with Gasteiger partial charge in [-0.15, -0.1) is 0 Å². The predicted octanol–water partition coefficient (Wildman–Crippen LogP) is 5.44. The van der Waals surface area contributed by atoms with E-state index in [0.29, 0.717) is 6.61 Å². The molecule has 140 valence electrons. The number of nitrogens with zero attached hydrogens (tertiary/aromatic N) is 2. The highest BCUT2D eigenvalue weighted by Gasteiger charge is 2.23. The van der Waals surface area contributed by atoms with Crippen molar-refractivity contribution in [2.75, 3.05) is 20.2 Å². The number of fused-ring (bicyclic) bond motifs is 5. The molecule has 0 N–H and O–H groups in total. The zero-order valence-corrected chi connectivity index (χ0v) is 16.4. The van der Waals surface area contributed by atoms with Crippen LogP contribution in [0.4, 0.5) is 0 Å². The molecule has 1 aromatic heterocycles. The normalized spacial score (nSPS) is 14.4. The van der Waals surface area contributed by atoms with E-state index in [1.165, 1.54) is 27.3 Å². The molecule has 4 aromatic rings. The maximum Gasteiger partial charge on any atom is 0.119 e. The van der Waals surface area contributed by atoms with Crippen LogP contribution in [0.2, 0.25) is 0 Å². The molecule has 0 saturated heterocycles. The van der Waals surface area contributed by atoms with Crippen LogP contribution in [0, 0.1) is 0 Å². The first-order valence-electron chi connectivity index (χ1n) is 9.99. The van der Waals surface area contributed by atoms with Crippen molar-refractivity contribution >= 4 is 21.7 Å². The minimum atomic E-state index is 0.668. The summed E-state index contributed by atoms with van der Waals surface area (Å²) in [6, 6.07) is 21.4. The SMILES string of the molecule is CCOc1cccc(-c2nc3ccc4ccccc4c3c3c2CN(C)CC3)c1. The quantitative estimate of drug-likeness (QED) is 0.450. The van der Waals surface area contributed by atoms with Crippen LogP contribution in [-0.2, 0) is 13.0 Å². The first kappa shape index (κ1) is 17.2. The topological polar surface area (TPSA) is 25.4 Å². The molecule has 1 aliphatic rings. The van der Waals surface area contributed by atoms with E-state index in [-0.39, 0.29) is 0 Å². The smallest absolute Gasteiger partial charge is 0.119 e. The summed E-state index contributed by atoms with van der Waals surface area (Å²) in [5, 5.41) is 3.91.